The van der Waals surface area contributed by atoms with E-state index in [0.29, 0.717) is 29.7 Å². The van der Waals surface area contributed by atoms with Crippen LogP contribution in [0.1, 0.15) is 6.92 Å². The van der Waals surface area contributed by atoms with Crippen LogP contribution in [-0.4, -0.2) is 11.6 Å². The lowest BCUT2D eigenvalue weighted by atomic mass is 10.3. The quantitative estimate of drug-likeness (QED) is 0.820. The third kappa shape index (κ3) is 2.87. The zero-order valence-electron chi connectivity index (χ0n) is 9.59. The summed E-state index contributed by atoms with van der Waals surface area (Å²) in [7, 11) is 0. The molecule has 0 aliphatic heterocycles. The monoisotopic (exact) mass is 230 g/mol. The average molecular weight is 230 g/mol. The molecule has 0 fully saturated rings. The van der Waals surface area contributed by atoms with Gasteiger partial charge in [-0.2, -0.15) is 0 Å². The number of aromatic nitrogens is 1. The molecule has 0 spiro atoms. The third-order valence-corrected chi connectivity index (χ3v) is 2.13. The van der Waals surface area contributed by atoms with Gasteiger partial charge < -0.3 is 15.2 Å². The summed E-state index contributed by atoms with van der Waals surface area (Å²) in [4.78, 5) is 4.14. The fourth-order valence-corrected chi connectivity index (χ4v) is 1.37. The Morgan fingerprint density at radius 1 is 1.18 bits per heavy atom. The van der Waals surface area contributed by atoms with Gasteiger partial charge >= 0.3 is 0 Å². The van der Waals surface area contributed by atoms with Crippen LogP contribution in [0.25, 0.3) is 0 Å². The first-order chi connectivity index (χ1) is 8.29. The Balaban J connectivity index is 2.20. The molecule has 1 aromatic heterocycles. The predicted octanol–water partition coefficient (Wildman–Crippen LogP) is 2.85. The third-order valence-electron chi connectivity index (χ3n) is 2.13. The molecule has 0 atom stereocenters. The summed E-state index contributed by atoms with van der Waals surface area (Å²) in [5.41, 5.74) is 6.30. The number of pyridine rings is 1. The molecule has 88 valence electrons. The summed E-state index contributed by atoms with van der Waals surface area (Å²) in [6.07, 6.45) is 1.66. The molecule has 0 bridgehead atoms. The van der Waals surface area contributed by atoms with E-state index in [1.807, 2.05) is 13.0 Å². The van der Waals surface area contributed by atoms with Crippen LogP contribution in [0.15, 0.2) is 42.6 Å². The van der Waals surface area contributed by atoms with E-state index in [0.717, 1.165) is 0 Å². The van der Waals surface area contributed by atoms with Crippen molar-refractivity contribution in [2.45, 2.75) is 6.92 Å². The largest absolute Gasteiger partial charge is 0.488 e. The van der Waals surface area contributed by atoms with Crippen molar-refractivity contribution >= 4 is 5.69 Å². The van der Waals surface area contributed by atoms with Crippen LogP contribution < -0.4 is 15.2 Å². The number of ether oxygens (including phenoxy) is 2. The van der Waals surface area contributed by atoms with Crippen LogP contribution in [0, 0.1) is 0 Å². The first-order valence-corrected chi connectivity index (χ1v) is 5.41. The standard InChI is InChI=1S/C13H14N2O2/c1-2-16-12-4-3-9-15-13(12)17-11-7-5-10(14)6-8-11/h3-9H,2,14H2,1H3. The molecule has 0 aliphatic carbocycles. The molecule has 4 nitrogen and oxygen atoms in total. The van der Waals surface area contributed by atoms with Crippen LogP contribution in [0.3, 0.4) is 0 Å². The molecule has 1 aromatic carbocycles. The molecule has 0 aliphatic rings. The number of nitrogens with two attached hydrogens (primary N) is 1. The minimum atomic E-state index is 0.458. The predicted molar refractivity (Wildman–Crippen MR) is 66.3 cm³/mol. The smallest absolute Gasteiger partial charge is 0.262 e. The van der Waals surface area contributed by atoms with Gasteiger partial charge in [0.25, 0.3) is 5.88 Å². The number of anilines is 1. The van der Waals surface area contributed by atoms with Crippen molar-refractivity contribution in [2.75, 3.05) is 12.3 Å². The van der Waals surface area contributed by atoms with Gasteiger partial charge in [-0.05, 0) is 43.3 Å². The normalized spacial score (nSPS) is 9.94. The fraction of sp³-hybridized carbons (Fsp3) is 0.154. The second-order valence-electron chi connectivity index (χ2n) is 3.41. The second kappa shape index (κ2) is 5.21. The lowest BCUT2D eigenvalue weighted by Crippen LogP contribution is -1.96. The Hall–Kier alpha value is -2.23. The number of rotatable bonds is 4. The van der Waals surface area contributed by atoms with Crippen LogP contribution in [0.2, 0.25) is 0 Å². The first kappa shape index (κ1) is 11.3. The number of hydrogen-bond donors (Lipinski definition) is 1. The molecule has 0 saturated heterocycles. The highest BCUT2D eigenvalue weighted by Gasteiger charge is 2.06. The van der Waals surface area contributed by atoms with E-state index < -0.39 is 0 Å². The maximum Gasteiger partial charge on any atom is 0.262 e. The molecule has 0 unspecified atom stereocenters. The highest BCUT2D eigenvalue weighted by atomic mass is 16.5. The van der Waals surface area contributed by atoms with Crippen molar-refractivity contribution in [1.29, 1.82) is 0 Å². The van der Waals surface area contributed by atoms with Crippen molar-refractivity contribution in [3.05, 3.63) is 42.6 Å². The van der Waals surface area contributed by atoms with Gasteiger partial charge in [-0.15, -0.1) is 0 Å². The zero-order valence-corrected chi connectivity index (χ0v) is 9.59. The van der Waals surface area contributed by atoms with Crippen molar-refractivity contribution in [3.63, 3.8) is 0 Å². The lowest BCUT2D eigenvalue weighted by molar-refractivity contribution is 0.316. The fourth-order valence-electron chi connectivity index (χ4n) is 1.37. The summed E-state index contributed by atoms with van der Waals surface area (Å²) in [6.45, 7) is 2.49. The minimum Gasteiger partial charge on any atom is -0.488 e. The van der Waals surface area contributed by atoms with E-state index in [2.05, 4.69) is 4.98 Å². The minimum absolute atomic E-state index is 0.458. The van der Waals surface area contributed by atoms with Crippen molar-refractivity contribution in [1.82, 2.24) is 4.98 Å². The molecular formula is C13H14N2O2. The summed E-state index contributed by atoms with van der Waals surface area (Å²) >= 11 is 0. The Kier molecular flexibility index (Phi) is 3.45. The number of hydrogen-bond acceptors (Lipinski definition) is 4. The van der Waals surface area contributed by atoms with Gasteiger partial charge in [-0.25, -0.2) is 4.98 Å². The zero-order chi connectivity index (χ0) is 12.1. The molecule has 17 heavy (non-hydrogen) atoms. The summed E-state index contributed by atoms with van der Waals surface area (Å²) in [5.74, 6) is 1.77. The van der Waals surface area contributed by atoms with Crippen LogP contribution >= 0.6 is 0 Å². The van der Waals surface area contributed by atoms with E-state index >= 15 is 0 Å². The van der Waals surface area contributed by atoms with Gasteiger partial charge in [-0.3, -0.25) is 0 Å². The van der Waals surface area contributed by atoms with Gasteiger partial charge in [0.2, 0.25) is 0 Å². The molecule has 4 heteroatoms. The molecule has 1 heterocycles. The Labute approximate surface area is 100 Å². The Bertz CT molecular complexity index is 483. The topological polar surface area (TPSA) is 57.4 Å². The molecular weight excluding hydrogens is 216 g/mol. The first-order valence-electron chi connectivity index (χ1n) is 5.41. The van der Waals surface area contributed by atoms with Gasteiger partial charge in [-0.1, -0.05) is 0 Å². The molecule has 2 rings (SSSR count). The summed E-state index contributed by atoms with van der Waals surface area (Å²) in [5, 5.41) is 0. The van der Waals surface area contributed by atoms with Crippen LogP contribution in [-0.2, 0) is 0 Å². The molecule has 0 radical (unpaired) electrons. The maximum atomic E-state index is 5.63. The average Bonchev–Trinajstić information content (AvgIpc) is 2.35. The number of benzene rings is 1. The van der Waals surface area contributed by atoms with Gasteiger partial charge in [0, 0.05) is 11.9 Å². The number of nitrogen functional groups attached to an aromatic ring is 1. The van der Waals surface area contributed by atoms with Crippen LogP contribution in [0.5, 0.6) is 17.4 Å². The highest BCUT2D eigenvalue weighted by Crippen LogP contribution is 2.28. The summed E-state index contributed by atoms with van der Waals surface area (Å²) < 4.78 is 11.0. The van der Waals surface area contributed by atoms with Crippen molar-refractivity contribution in [3.8, 4) is 17.4 Å². The van der Waals surface area contributed by atoms with E-state index in [-0.39, 0.29) is 0 Å². The second-order valence-corrected chi connectivity index (χ2v) is 3.41. The Morgan fingerprint density at radius 2 is 1.94 bits per heavy atom. The van der Waals surface area contributed by atoms with Crippen molar-refractivity contribution < 1.29 is 9.47 Å². The van der Waals surface area contributed by atoms with Crippen molar-refractivity contribution in [2.24, 2.45) is 0 Å². The molecule has 2 N–H and O–H groups in total. The van der Waals surface area contributed by atoms with Crippen LogP contribution in [0.4, 0.5) is 5.69 Å². The summed E-state index contributed by atoms with van der Waals surface area (Å²) in [6, 6.07) is 10.8. The molecule has 0 saturated carbocycles. The lowest BCUT2D eigenvalue weighted by Gasteiger charge is -2.09. The molecule has 0 amide bonds. The van der Waals surface area contributed by atoms with E-state index in [9.17, 15) is 0 Å². The van der Waals surface area contributed by atoms with Gasteiger partial charge in [0.15, 0.2) is 5.75 Å². The SMILES string of the molecule is CCOc1cccnc1Oc1ccc(N)cc1. The van der Waals surface area contributed by atoms with E-state index in [1.165, 1.54) is 0 Å². The van der Waals surface area contributed by atoms with Gasteiger partial charge in [0.05, 0.1) is 6.61 Å². The molecule has 2 aromatic rings. The van der Waals surface area contributed by atoms with E-state index in [1.54, 1.807) is 36.5 Å². The highest BCUT2D eigenvalue weighted by molar-refractivity contribution is 5.44. The Morgan fingerprint density at radius 3 is 2.65 bits per heavy atom. The number of nitrogens with zero attached hydrogens (tertiary/aromatic N) is 1. The van der Waals surface area contributed by atoms with Gasteiger partial charge in [0.1, 0.15) is 5.75 Å². The maximum absolute atomic E-state index is 5.63. The van der Waals surface area contributed by atoms with E-state index in [4.69, 9.17) is 15.2 Å².